The molecule has 6 heteroatoms. The lowest BCUT2D eigenvalue weighted by Crippen LogP contribution is -2.42. The molecule has 2 amide bonds. The van der Waals surface area contributed by atoms with Crippen molar-refractivity contribution in [2.45, 2.75) is 25.9 Å². The molecular weight excluding hydrogens is 236 g/mol. The SMILES string of the molecule is COC(CNC(=O)N(C)CC1CC1C)CC(=O)O. The molecule has 1 fully saturated rings. The molecule has 0 radical (unpaired) electrons. The standard InChI is InChI=1S/C12H22N2O4/c1-8-4-9(8)7-14(2)12(17)13-6-10(18-3)5-11(15)16/h8-10H,4-7H2,1-3H3,(H,13,17)(H,15,16). The predicted molar refractivity (Wildman–Crippen MR) is 66.3 cm³/mol. The Morgan fingerprint density at radius 3 is 2.61 bits per heavy atom. The molecule has 18 heavy (non-hydrogen) atoms. The quantitative estimate of drug-likeness (QED) is 0.707. The third-order valence-corrected chi connectivity index (χ3v) is 3.35. The summed E-state index contributed by atoms with van der Waals surface area (Å²) >= 11 is 0. The Balaban J connectivity index is 2.23. The molecule has 3 atom stereocenters. The number of carbonyl (C=O) groups is 2. The van der Waals surface area contributed by atoms with Crippen molar-refractivity contribution < 1.29 is 19.4 Å². The number of carboxylic acid groups (broad SMARTS) is 1. The van der Waals surface area contributed by atoms with Crippen molar-refractivity contribution in [1.29, 1.82) is 0 Å². The van der Waals surface area contributed by atoms with E-state index in [0.29, 0.717) is 11.8 Å². The highest BCUT2D eigenvalue weighted by Gasteiger charge is 2.34. The third-order valence-electron chi connectivity index (χ3n) is 3.35. The molecule has 0 spiro atoms. The molecule has 0 aromatic rings. The van der Waals surface area contributed by atoms with E-state index in [-0.39, 0.29) is 19.0 Å². The minimum Gasteiger partial charge on any atom is -0.481 e. The molecule has 2 N–H and O–H groups in total. The average Bonchev–Trinajstić information content (AvgIpc) is 2.99. The smallest absolute Gasteiger partial charge is 0.317 e. The van der Waals surface area contributed by atoms with Crippen LogP contribution >= 0.6 is 0 Å². The van der Waals surface area contributed by atoms with Crippen LogP contribution in [0.2, 0.25) is 0 Å². The van der Waals surface area contributed by atoms with Crippen molar-refractivity contribution >= 4 is 12.0 Å². The van der Waals surface area contributed by atoms with Crippen LogP contribution in [0.5, 0.6) is 0 Å². The molecule has 0 heterocycles. The number of aliphatic carboxylic acids is 1. The summed E-state index contributed by atoms with van der Waals surface area (Å²) in [5, 5.41) is 11.3. The summed E-state index contributed by atoms with van der Waals surface area (Å²) in [4.78, 5) is 23.9. The van der Waals surface area contributed by atoms with E-state index in [1.165, 1.54) is 13.5 Å². The second-order valence-corrected chi connectivity index (χ2v) is 5.00. The highest BCUT2D eigenvalue weighted by molar-refractivity contribution is 5.74. The second-order valence-electron chi connectivity index (χ2n) is 5.00. The zero-order valence-corrected chi connectivity index (χ0v) is 11.2. The minimum atomic E-state index is -0.934. The van der Waals surface area contributed by atoms with Crippen molar-refractivity contribution in [3.05, 3.63) is 0 Å². The molecule has 6 nitrogen and oxygen atoms in total. The number of nitrogens with zero attached hydrogens (tertiary/aromatic N) is 1. The maximum atomic E-state index is 11.7. The average molecular weight is 258 g/mol. The molecule has 0 aliphatic heterocycles. The number of ether oxygens (including phenoxy) is 1. The Morgan fingerprint density at radius 2 is 2.17 bits per heavy atom. The van der Waals surface area contributed by atoms with E-state index < -0.39 is 12.1 Å². The van der Waals surface area contributed by atoms with Gasteiger partial charge in [-0.25, -0.2) is 4.79 Å². The summed E-state index contributed by atoms with van der Waals surface area (Å²) in [5.74, 6) is 0.383. The second kappa shape index (κ2) is 6.58. The lowest BCUT2D eigenvalue weighted by atomic mass is 10.2. The van der Waals surface area contributed by atoms with Crippen molar-refractivity contribution in [3.63, 3.8) is 0 Å². The minimum absolute atomic E-state index is 0.111. The maximum Gasteiger partial charge on any atom is 0.317 e. The summed E-state index contributed by atoms with van der Waals surface area (Å²) in [5.41, 5.74) is 0. The molecule has 0 aromatic heterocycles. The zero-order valence-electron chi connectivity index (χ0n) is 11.2. The first-order chi connectivity index (χ1) is 8.43. The van der Waals surface area contributed by atoms with Crippen LogP contribution in [0.4, 0.5) is 4.79 Å². The maximum absolute atomic E-state index is 11.7. The van der Waals surface area contributed by atoms with E-state index in [1.807, 2.05) is 0 Å². The van der Waals surface area contributed by atoms with Gasteiger partial charge in [0, 0.05) is 27.2 Å². The van der Waals surface area contributed by atoms with Crippen LogP contribution in [0.15, 0.2) is 0 Å². The van der Waals surface area contributed by atoms with E-state index >= 15 is 0 Å². The Labute approximate surface area is 107 Å². The van der Waals surface area contributed by atoms with E-state index in [4.69, 9.17) is 9.84 Å². The molecule has 1 aliphatic rings. The number of rotatable bonds is 7. The molecule has 104 valence electrons. The Hall–Kier alpha value is -1.30. The fraction of sp³-hybridized carbons (Fsp3) is 0.833. The van der Waals surface area contributed by atoms with Gasteiger partial charge in [-0.05, 0) is 18.3 Å². The van der Waals surface area contributed by atoms with Crippen LogP contribution in [0, 0.1) is 11.8 Å². The Kier molecular flexibility index (Phi) is 5.40. The van der Waals surface area contributed by atoms with Crippen LogP contribution in [-0.4, -0.2) is 55.4 Å². The summed E-state index contributed by atoms with van der Waals surface area (Å²) < 4.78 is 4.99. The van der Waals surface area contributed by atoms with E-state index in [9.17, 15) is 9.59 Å². The van der Waals surface area contributed by atoms with Crippen molar-refractivity contribution in [2.75, 3.05) is 27.2 Å². The van der Waals surface area contributed by atoms with Gasteiger partial charge >= 0.3 is 12.0 Å². The highest BCUT2D eigenvalue weighted by atomic mass is 16.5. The van der Waals surface area contributed by atoms with Gasteiger partial charge in [0.05, 0.1) is 12.5 Å². The number of methoxy groups -OCH3 is 1. The molecule has 1 aliphatic carbocycles. The number of carbonyl (C=O) groups excluding carboxylic acids is 1. The monoisotopic (exact) mass is 258 g/mol. The number of nitrogens with one attached hydrogen (secondary N) is 1. The first-order valence-electron chi connectivity index (χ1n) is 6.17. The van der Waals surface area contributed by atoms with Crippen LogP contribution in [0.3, 0.4) is 0 Å². The molecular formula is C12H22N2O4. The molecule has 0 saturated heterocycles. The van der Waals surface area contributed by atoms with E-state index in [2.05, 4.69) is 12.2 Å². The zero-order chi connectivity index (χ0) is 13.7. The lowest BCUT2D eigenvalue weighted by molar-refractivity contribution is -0.139. The Morgan fingerprint density at radius 1 is 1.56 bits per heavy atom. The van der Waals surface area contributed by atoms with Crippen molar-refractivity contribution in [2.24, 2.45) is 11.8 Å². The fourth-order valence-electron chi connectivity index (χ4n) is 1.86. The Bertz CT molecular complexity index is 308. The molecule has 0 aromatic carbocycles. The van der Waals surface area contributed by atoms with E-state index in [1.54, 1.807) is 11.9 Å². The summed E-state index contributed by atoms with van der Waals surface area (Å²) in [6.07, 6.45) is 0.581. The third kappa shape index (κ3) is 4.91. The van der Waals surface area contributed by atoms with Gasteiger partial charge in [-0.15, -0.1) is 0 Å². The van der Waals surface area contributed by atoms with Crippen LogP contribution in [0.1, 0.15) is 19.8 Å². The highest BCUT2D eigenvalue weighted by Crippen LogP contribution is 2.37. The van der Waals surface area contributed by atoms with Crippen LogP contribution in [-0.2, 0) is 9.53 Å². The number of carboxylic acids is 1. The predicted octanol–water partition coefficient (Wildman–Crippen LogP) is 0.773. The first-order valence-corrected chi connectivity index (χ1v) is 6.17. The topological polar surface area (TPSA) is 78.9 Å². The summed E-state index contributed by atoms with van der Waals surface area (Å²) in [6, 6.07) is -0.179. The van der Waals surface area contributed by atoms with Crippen LogP contribution < -0.4 is 5.32 Å². The van der Waals surface area contributed by atoms with Gasteiger partial charge in [-0.2, -0.15) is 0 Å². The van der Waals surface area contributed by atoms with Gasteiger partial charge in [-0.3, -0.25) is 4.79 Å². The number of urea groups is 1. The normalized spacial score (nSPS) is 23.3. The fourth-order valence-corrected chi connectivity index (χ4v) is 1.86. The van der Waals surface area contributed by atoms with Gasteiger partial charge in [0.15, 0.2) is 0 Å². The molecule has 1 rings (SSSR count). The summed E-state index contributed by atoms with van der Waals surface area (Å²) in [6.45, 7) is 3.14. The van der Waals surface area contributed by atoms with Gasteiger partial charge in [-0.1, -0.05) is 6.92 Å². The number of hydrogen-bond acceptors (Lipinski definition) is 3. The van der Waals surface area contributed by atoms with E-state index in [0.717, 1.165) is 6.54 Å². The molecule has 0 bridgehead atoms. The molecule has 3 unspecified atom stereocenters. The first kappa shape index (κ1) is 14.8. The lowest BCUT2D eigenvalue weighted by Gasteiger charge is -2.20. The van der Waals surface area contributed by atoms with Crippen LogP contribution in [0.25, 0.3) is 0 Å². The molecule has 1 saturated carbocycles. The van der Waals surface area contributed by atoms with Gasteiger partial charge in [0.2, 0.25) is 0 Å². The largest absolute Gasteiger partial charge is 0.481 e. The van der Waals surface area contributed by atoms with Crippen molar-refractivity contribution in [1.82, 2.24) is 10.2 Å². The number of hydrogen-bond donors (Lipinski definition) is 2. The van der Waals surface area contributed by atoms with Gasteiger partial charge in [0.25, 0.3) is 0 Å². The van der Waals surface area contributed by atoms with Gasteiger partial charge in [0.1, 0.15) is 0 Å². The van der Waals surface area contributed by atoms with Gasteiger partial charge < -0.3 is 20.1 Å². The van der Waals surface area contributed by atoms with Crippen molar-refractivity contribution in [3.8, 4) is 0 Å². The number of amides is 2. The summed E-state index contributed by atoms with van der Waals surface area (Å²) in [7, 11) is 3.19.